The number of nitrogens with zero attached hydrogens (tertiary/aromatic N) is 1. The first-order valence-electron chi connectivity index (χ1n) is 3.28. The van der Waals surface area contributed by atoms with Gasteiger partial charge in [0.05, 0.1) is 6.61 Å². The molecule has 0 aliphatic heterocycles. The number of anilines is 1. The maximum absolute atomic E-state index is 5.51. The predicted octanol–water partition coefficient (Wildman–Crippen LogP) is 1.82. The van der Waals surface area contributed by atoms with Crippen LogP contribution in [0, 0.1) is 0 Å². The van der Waals surface area contributed by atoms with Gasteiger partial charge in [-0.25, -0.2) is 4.98 Å². The molecule has 1 aromatic heterocycles. The van der Waals surface area contributed by atoms with Crippen LogP contribution >= 0.6 is 15.9 Å². The van der Waals surface area contributed by atoms with Gasteiger partial charge in [-0.1, -0.05) is 0 Å². The van der Waals surface area contributed by atoms with Crippen molar-refractivity contribution in [1.29, 1.82) is 0 Å². The number of halogens is 1. The van der Waals surface area contributed by atoms with Gasteiger partial charge in [-0.15, -0.1) is 0 Å². The first kappa shape index (κ1) is 8.33. The van der Waals surface area contributed by atoms with Gasteiger partial charge in [0, 0.05) is 6.20 Å². The van der Waals surface area contributed by atoms with E-state index < -0.39 is 0 Å². The third kappa shape index (κ3) is 1.83. The Labute approximate surface area is 73.7 Å². The van der Waals surface area contributed by atoms with Crippen molar-refractivity contribution in [2.24, 2.45) is 0 Å². The zero-order valence-corrected chi connectivity index (χ0v) is 7.76. The molecule has 0 spiro atoms. The van der Waals surface area contributed by atoms with Crippen molar-refractivity contribution in [3.05, 3.63) is 16.7 Å². The highest BCUT2D eigenvalue weighted by atomic mass is 79.9. The van der Waals surface area contributed by atoms with Gasteiger partial charge >= 0.3 is 0 Å². The average Bonchev–Trinajstić information content (AvgIpc) is 1.99. The van der Waals surface area contributed by atoms with Crippen molar-refractivity contribution >= 4 is 21.7 Å². The van der Waals surface area contributed by atoms with Crippen molar-refractivity contribution < 1.29 is 4.74 Å². The third-order valence-corrected chi connectivity index (χ3v) is 1.98. The third-order valence-electron chi connectivity index (χ3n) is 1.18. The van der Waals surface area contributed by atoms with Gasteiger partial charge in [-0.05, 0) is 28.9 Å². The summed E-state index contributed by atoms with van der Waals surface area (Å²) in [5.74, 6) is 1.19. The Morgan fingerprint density at radius 3 is 3.09 bits per heavy atom. The minimum absolute atomic E-state index is 0.455. The predicted molar refractivity (Wildman–Crippen MR) is 47.5 cm³/mol. The summed E-state index contributed by atoms with van der Waals surface area (Å²) in [5.41, 5.74) is 5.51. The molecule has 2 N–H and O–H groups in total. The van der Waals surface area contributed by atoms with Crippen LogP contribution in [0.3, 0.4) is 0 Å². The fourth-order valence-electron chi connectivity index (χ4n) is 0.708. The van der Waals surface area contributed by atoms with E-state index in [-0.39, 0.29) is 0 Å². The van der Waals surface area contributed by atoms with E-state index in [1.807, 2.05) is 6.92 Å². The van der Waals surface area contributed by atoms with Crippen molar-refractivity contribution in [2.45, 2.75) is 6.92 Å². The van der Waals surface area contributed by atoms with Crippen LogP contribution in [-0.2, 0) is 0 Å². The molecule has 1 rings (SSSR count). The fourth-order valence-corrected chi connectivity index (χ4v) is 1.06. The summed E-state index contributed by atoms with van der Waals surface area (Å²) < 4.78 is 5.97. The van der Waals surface area contributed by atoms with E-state index in [0.717, 1.165) is 10.2 Å². The number of nitrogen functional groups attached to an aromatic ring is 1. The molecule has 4 heteroatoms. The Bertz CT molecular complexity index is 252. The second-order valence-corrected chi connectivity index (χ2v) is 2.73. The van der Waals surface area contributed by atoms with E-state index in [4.69, 9.17) is 10.5 Å². The number of nitrogens with two attached hydrogens (primary N) is 1. The minimum atomic E-state index is 0.455. The van der Waals surface area contributed by atoms with Crippen LogP contribution in [-0.4, -0.2) is 11.6 Å². The molecule has 0 bridgehead atoms. The SMILES string of the molecule is CCOc1ccnc(N)c1Br. The van der Waals surface area contributed by atoms with Gasteiger partial charge in [0.2, 0.25) is 0 Å². The van der Waals surface area contributed by atoms with Crippen molar-refractivity contribution in [3.63, 3.8) is 0 Å². The van der Waals surface area contributed by atoms with Gasteiger partial charge in [0.15, 0.2) is 0 Å². The molecule has 0 unspecified atom stereocenters. The maximum Gasteiger partial charge on any atom is 0.141 e. The van der Waals surface area contributed by atoms with Gasteiger partial charge in [-0.2, -0.15) is 0 Å². The number of aromatic nitrogens is 1. The van der Waals surface area contributed by atoms with Crippen molar-refractivity contribution in [1.82, 2.24) is 4.98 Å². The van der Waals surface area contributed by atoms with Crippen LogP contribution in [0.1, 0.15) is 6.92 Å². The average molecular weight is 217 g/mol. The van der Waals surface area contributed by atoms with E-state index in [1.54, 1.807) is 12.3 Å². The number of rotatable bonds is 2. The largest absolute Gasteiger partial charge is 0.492 e. The lowest BCUT2D eigenvalue weighted by Gasteiger charge is -2.05. The first-order valence-corrected chi connectivity index (χ1v) is 4.07. The number of hydrogen-bond donors (Lipinski definition) is 1. The standard InChI is InChI=1S/C7H9BrN2O/c1-2-11-5-3-4-10-7(9)6(5)8/h3-4H,2H2,1H3,(H2,9,10). The monoisotopic (exact) mass is 216 g/mol. The molecule has 0 aliphatic carbocycles. The summed E-state index contributed by atoms with van der Waals surface area (Å²) in [4.78, 5) is 3.87. The molecule has 11 heavy (non-hydrogen) atoms. The Morgan fingerprint density at radius 2 is 2.45 bits per heavy atom. The second-order valence-electron chi connectivity index (χ2n) is 1.94. The van der Waals surface area contributed by atoms with Crippen molar-refractivity contribution in [2.75, 3.05) is 12.3 Å². The molecule has 0 atom stereocenters. The van der Waals surface area contributed by atoms with Gasteiger partial charge in [0.1, 0.15) is 16.0 Å². The minimum Gasteiger partial charge on any atom is -0.492 e. The number of hydrogen-bond acceptors (Lipinski definition) is 3. The highest BCUT2D eigenvalue weighted by Crippen LogP contribution is 2.28. The topological polar surface area (TPSA) is 48.1 Å². The molecule has 0 amide bonds. The molecule has 0 aromatic carbocycles. The Kier molecular flexibility index (Phi) is 2.70. The zero-order valence-electron chi connectivity index (χ0n) is 6.17. The lowest BCUT2D eigenvalue weighted by atomic mass is 10.4. The van der Waals surface area contributed by atoms with E-state index in [2.05, 4.69) is 20.9 Å². The van der Waals surface area contributed by atoms with Crippen molar-refractivity contribution in [3.8, 4) is 5.75 Å². The van der Waals surface area contributed by atoms with E-state index in [1.165, 1.54) is 0 Å². The molecular formula is C7H9BrN2O. The van der Waals surface area contributed by atoms with Crippen LogP contribution in [0.25, 0.3) is 0 Å². The lowest BCUT2D eigenvalue weighted by molar-refractivity contribution is 0.338. The van der Waals surface area contributed by atoms with Crippen LogP contribution in [0.5, 0.6) is 5.75 Å². The van der Waals surface area contributed by atoms with E-state index >= 15 is 0 Å². The smallest absolute Gasteiger partial charge is 0.141 e. The molecule has 3 nitrogen and oxygen atoms in total. The summed E-state index contributed by atoms with van der Waals surface area (Å²) >= 11 is 3.27. The maximum atomic E-state index is 5.51. The molecule has 1 heterocycles. The van der Waals surface area contributed by atoms with Crippen LogP contribution in [0.2, 0.25) is 0 Å². The van der Waals surface area contributed by atoms with Crippen LogP contribution < -0.4 is 10.5 Å². The molecule has 0 saturated heterocycles. The van der Waals surface area contributed by atoms with Gasteiger partial charge in [-0.3, -0.25) is 0 Å². The lowest BCUT2D eigenvalue weighted by Crippen LogP contribution is -1.96. The molecule has 0 radical (unpaired) electrons. The molecule has 60 valence electrons. The summed E-state index contributed by atoms with van der Waals surface area (Å²) in [6, 6.07) is 1.77. The fraction of sp³-hybridized carbons (Fsp3) is 0.286. The summed E-state index contributed by atoms with van der Waals surface area (Å²) in [6.45, 7) is 2.55. The molecular weight excluding hydrogens is 208 g/mol. The molecule has 0 saturated carbocycles. The summed E-state index contributed by atoms with van der Waals surface area (Å²) in [5, 5.41) is 0. The number of ether oxygens (including phenoxy) is 1. The first-order chi connectivity index (χ1) is 5.25. The van der Waals surface area contributed by atoms with E-state index in [0.29, 0.717) is 12.4 Å². The quantitative estimate of drug-likeness (QED) is 0.821. The highest BCUT2D eigenvalue weighted by molar-refractivity contribution is 9.10. The highest BCUT2D eigenvalue weighted by Gasteiger charge is 2.02. The second kappa shape index (κ2) is 3.57. The van der Waals surface area contributed by atoms with Crippen LogP contribution in [0.15, 0.2) is 16.7 Å². The Balaban J connectivity index is 2.96. The number of pyridine rings is 1. The summed E-state index contributed by atoms with van der Waals surface area (Å²) in [7, 11) is 0. The Hall–Kier alpha value is -0.770. The molecule has 1 aromatic rings. The zero-order chi connectivity index (χ0) is 8.27. The Morgan fingerprint density at radius 1 is 1.73 bits per heavy atom. The molecule has 0 aliphatic rings. The summed E-state index contributed by atoms with van der Waals surface area (Å²) in [6.07, 6.45) is 1.62. The van der Waals surface area contributed by atoms with Crippen LogP contribution in [0.4, 0.5) is 5.82 Å². The molecule has 0 fully saturated rings. The van der Waals surface area contributed by atoms with Gasteiger partial charge in [0.25, 0.3) is 0 Å². The van der Waals surface area contributed by atoms with Gasteiger partial charge < -0.3 is 10.5 Å². The van der Waals surface area contributed by atoms with E-state index in [9.17, 15) is 0 Å². The normalized spacial score (nSPS) is 9.64.